The lowest BCUT2D eigenvalue weighted by Gasteiger charge is -2.05. The van der Waals surface area contributed by atoms with Crippen LogP contribution in [0, 0.1) is 0 Å². The first kappa shape index (κ1) is 11.2. The van der Waals surface area contributed by atoms with Gasteiger partial charge in [0, 0.05) is 25.4 Å². The van der Waals surface area contributed by atoms with E-state index in [2.05, 4.69) is 25.3 Å². The predicted octanol–water partition coefficient (Wildman–Crippen LogP) is 2.16. The van der Waals surface area contributed by atoms with Gasteiger partial charge in [-0.3, -0.25) is 0 Å². The van der Waals surface area contributed by atoms with Crippen molar-refractivity contribution >= 4 is 29.0 Å². The molecule has 0 atom stereocenters. The molecule has 0 spiro atoms. The van der Waals surface area contributed by atoms with Crippen LogP contribution in [0.25, 0.3) is 0 Å². The molecule has 2 aromatic rings. The molecular weight excluding hydrogens is 249 g/mol. The molecule has 0 saturated heterocycles. The zero-order chi connectivity index (χ0) is 11.4. The summed E-state index contributed by atoms with van der Waals surface area (Å²) in [5.74, 6) is 1.44. The van der Waals surface area contributed by atoms with Crippen LogP contribution in [0.1, 0.15) is 5.82 Å². The smallest absolute Gasteiger partial charge is 0.224 e. The third kappa shape index (κ3) is 2.84. The van der Waals surface area contributed by atoms with Crippen LogP contribution in [-0.4, -0.2) is 26.5 Å². The fraction of sp³-hybridized carbons (Fsp3) is 0.222. The van der Waals surface area contributed by atoms with E-state index in [1.807, 2.05) is 0 Å². The van der Waals surface area contributed by atoms with Crippen LogP contribution in [0.2, 0.25) is 10.3 Å². The maximum atomic E-state index is 5.89. The van der Waals surface area contributed by atoms with Crippen molar-refractivity contribution in [3.63, 3.8) is 0 Å². The van der Waals surface area contributed by atoms with Gasteiger partial charge in [0.15, 0.2) is 0 Å². The summed E-state index contributed by atoms with van der Waals surface area (Å²) in [7, 11) is 0. The molecule has 0 aromatic carbocycles. The van der Waals surface area contributed by atoms with Crippen molar-refractivity contribution in [2.75, 3.05) is 11.9 Å². The molecule has 5 nitrogen and oxygen atoms in total. The first-order chi connectivity index (χ1) is 7.75. The molecule has 0 radical (unpaired) electrons. The molecular formula is C9H9Cl2N5. The lowest BCUT2D eigenvalue weighted by Crippen LogP contribution is -2.08. The second-order valence-electron chi connectivity index (χ2n) is 3.05. The molecule has 0 unspecified atom stereocenters. The monoisotopic (exact) mass is 257 g/mol. The highest BCUT2D eigenvalue weighted by Crippen LogP contribution is 2.18. The Bertz CT molecular complexity index is 457. The van der Waals surface area contributed by atoms with Crippen molar-refractivity contribution in [2.45, 2.75) is 6.42 Å². The summed E-state index contributed by atoms with van der Waals surface area (Å²) in [6, 6.07) is 0. The average Bonchev–Trinajstić information content (AvgIpc) is 2.76. The van der Waals surface area contributed by atoms with E-state index in [1.54, 1.807) is 12.4 Å². The van der Waals surface area contributed by atoms with Gasteiger partial charge in [-0.1, -0.05) is 11.6 Å². The maximum Gasteiger partial charge on any atom is 0.224 e. The Kier molecular flexibility index (Phi) is 3.58. The molecule has 2 heterocycles. The van der Waals surface area contributed by atoms with E-state index in [0.29, 0.717) is 17.4 Å². The van der Waals surface area contributed by atoms with Crippen LogP contribution >= 0.6 is 23.2 Å². The second-order valence-corrected chi connectivity index (χ2v) is 3.79. The Labute approximate surface area is 102 Å². The summed E-state index contributed by atoms with van der Waals surface area (Å²) in [5, 5.41) is 3.68. The van der Waals surface area contributed by atoms with Crippen LogP contribution in [0.4, 0.5) is 5.82 Å². The zero-order valence-electron chi connectivity index (χ0n) is 8.24. The average molecular weight is 258 g/mol. The molecule has 16 heavy (non-hydrogen) atoms. The third-order valence-electron chi connectivity index (χ3n) is 1.92. The molecule has 0 aliphatic carbocycles. The maximum absolute atomic E-state index is 5.89. The molecule has 0 bridgehead atoms. The number of hydrogen-bond acceptors (Lipinski definition) is 4. The normalized spacial score (nSPS) is 10.4. The van der Waals surface area contributed by atoms with Gasteiger partial charge < -0.3 is 10.3 Å². The molecule has 7 heteroatoms. The SMILES string of the molecule is Clc1ncc(Cl)c(NCCc2ncc[nH]2)n1. The number of nitrogens with one attached hydrogen (secondary N) is 2. The van der Waals surface area contributed by atoms with Crippen LogP contribution in [0.15, 0.2) is 18.6 Å². The number of anilines is 1. The Morgan fingerprint density at radius 3 is 2.94 bits per heavy atom. The highest BCUT2D eigenvalue weighted by Gasteiger charge is 2.03. The van der Waals surface area contributed by atoms with Crippen LogP contribution in [0.3, 0.4) is 0 Å². The molecule has 0 amide bonds. The van der Waals surface area contributed by atoms with Crippen molar-refractivity contribution < 1.29 is 0 Å². The number of rotatable bonds is 4. The van der Waals surface area contributed by atoms with E-state index in [-0.39, 0.29) is 5.28 Å². The molecule has 84 valence electrons. The Morgan fingerprint density at radius 1 is 1.31 bits per heavy atom. The summed E-state index contributed by atoms with van der Waals surface area (Å²) >= 11 is 11.5. The molecule has 2 rings (SSSR count). The zero-order valence-corrected chi connectivity index (χ0v) is 9.76. The first-order valence-corrected chi connectivity index (χ1v) is 5.41. The largest absolute Gasteiger partial charge is 0.368 e. The van der Waals surface area contributed by atoms with Crippen LogP contribution in [-0.2, 0) is 6.42 Å². The lowest BCUT2D eigenvalue weighted by atomic mass is 10.4. The minimum Gasteiger partial charge on any atom is -0.368 e. The molecule has 2 N–H and O–H groups in total. The second kappa shape index (κ2) is 5.14. The van der Waals surface area contributed by atoms with E-state index in [1.165, 1.54) is 6.20 Å². The lowest BCUT2D eigenvalue weighted by molar-refractivity contribution is 0.920. The minimum atomic E-state index is 0.171. The van der Waals surface area contributed by atoms with Crippen LogP contribution in [0.5, 0.6) is 0 Å². The third-order valence-corrected chi connectivity index (χ3v) is 2.38. The van der Waals surface area contributed by atoms with Gasteiger partial charge in [-0.2, -0.15) is 4.98 Å². The van der Waals surface area contributed by atoms with Crippen molar-refractivity contribution in [3.8, 4) is 0 Å². The number of H-pyrrole nitrogens is 1. The number of nitrogens with zero attached hydrogens (tertiary/aromatic N) is 3. The molecule has 0 aliphatic rings. The van der Waals surface area contributed by atoms with Crippen molar-refractivity contribution in [3.05, 3.63) is 34.7 Å². The number of aromatic nitrogens is 4. The molecule has 0 aliphatic heterocycles. The van der Waals surface area contributed by atoms with Crippen molar-refractivity contribution in [2.24, 2.45) is 0 Å². The fourth-order valence-electron chi connectivity index (χ4n) is 1.20. The van der Waals surface area contributed by atoms with Gasteiger partial charge in [0.2, 0.25) is 5.28 Å². The van der Waals surface area contributed by atoms with E-state index >= 15 is 0 Å². The summed E-state index contributed by atoms with van der Waals surface area (Å²) in [6.07, 6.45) is 5.71. The Balaban J connectivity index is 1.92. The highest BCUT2D eigenvalue weighted by atomic mass is 35.5. The van der Waals surface area contributed by atoms with E-state index in [0.717, 1.165) is 12.2 Å². The standard InChI is InChI=1S/C9H9Cl2N5/c10-6-5-15-9(11)16-8(6)14-2-1-7-12-3-4-13-7/h3-5H,1-2H2,(H,12,13)(H,14,15,16). The van der Waals surface area contributed by atoms with Gasteiger partial charge in [-0.25, -0.2) is 9.97 Å². The van der Waals surface area contributed by atoms with Crippen molar-refractivity contribution in [1.82, 2.24) is 19.9 Å². The fourth-order valence-corrected chi connectivity index (χ4v) is 1.49. The number of imidazole rings is 1. The predicted molar refractivity (Wildman–Crippen MR) is 62.8 cm³/mol. The van der Waals surface area contributed by atoms with E-state index < -0.39 is 0 Å². The number of aromatic amines is 1. The van der Waals surface area contributed by atoms with Crippen molar-refractivity contribution in [1.29, 1.82) is 0 Å². The van der Waals surface area contributed by atoms with Gasteiger partial charge in [0.25, 0.3) is 0 Å². The van der Waals surface area contributed by atoms with Gasteiger partial charge in [-0.15, -0.1) is 0 Å². The summed E-state index contributed by atoms with van der Waals surface area (Å²) in [4.78, 5) is 14.8. The number of halogens is 2. The first-order valence-electron chi connectivity index (χ1n) is 4.66. The van der Waals surface area contributed by atoms with Gasteiger partial charge in [0.1, 0.15) is 16.7 Å². The topological polar surface area (TPSA) is 66.5 Å². The van der Waals surface area contributed by atoms with Crippen LogP contribution < -0.4 is 5.32 Å². The summed E-state index contributed by atoms with van der Waals surface area (Å²) in [5.41, 5.74) is 0. The van der Waals surface area contributed by atoms with Gasteiger partial charge >= 0.3 is 0 Å². The minimum absolute atomic E-state index is 0.171. The van der Waals surface area contributed by atoms with E-state index in [9.17, 15) is 0 Å². The Hall–Kier alpha value is -1.33. The quantitative estimate of drug-likeness (QED) is 0.824. The molecule has 2 aromatic heterocycles. The summed E-state index contributed by atoms with van der Waals surface area (Å²) in [6.45, 7) is 0.667. The van der Waals surface area contributed by atoms with Gasteiger partial charge in [-0.05, 0) is 11.6 Å². The number of hydrogen-bond donors (Lipinski definition) is 2. The van der Waals surface area contributed by atoms with Gasteiger partial charge in [0.05, 0.1) is 6.20 Å². The molecule has 0 fully saturated rings. The Morgan fingerprint density at radius 2 is 2.19 bits per heavy atom. The molecule has 0 saturated carbocycles. The van der Waals surface area contributed by atoms with E-state index in [4.69, 9.17) is 23.2 Å². The highest BCUT2D eigenvalue weighted by molar-refractivity contribution is 6.33. The summed E-state index contributed by atoms with van der Waals surface area (Å²) < 4.78 is 0.